The molecule has 6 nitrogen and oxygen atoms in total. The SMILES string of the molecule is Cc1cccc(C(=O)Nc2ccc(C(=O)N3CCc4cn[nH]c4-c4ccccc43)c(Cl)c2)c1. The van der Waals surface area contributed by atoms with Crippen LogP contribution in [0.25, 0.3) is 11.3 Å². The van der Waals surface area contributed by atoms with E-state index in [2.05, 4.69) is 15.5 Å². The molecule has 1 aliphatic rings. The molecule has 0 bridgehead atoms. The van der Waals surface area contributed by atoms with Gasteiger partial charge in [0.1, 0.15) is 0 Å². The summed E-state index contributed by atoms with van der Waals surface area (Å²) in [6, 6.07) is 20.1. The van der Waals surface area contributed by atoms with E-state index in [1.54, 1.807) is 35.4 Å². The zero-order chi connectivity index (χ0) is 22.9. The van der Waals surface area contributed by atoms with Crippen LogP contribution in [0.1, 0.15) is 31.8 Å². The molecule has 0 unspecified atom stereocenters. The van der Waals surface area contributed by atoms with E-state index in [1.165, 1.54) is 0 Å². The van der Waals surface area contributed by atoms with Crippen molar-refractivity contribution in [2.24, 2.45) is 0 Å². The fourth-order valence-electron chi connectivity index (χ4n) is 4.12. The number of aromatic nitrogens is 2. The van der Waals surface area contributed by atoms with Gasteiger partial charge in [0.25, 0.3) is 11.8 Å². The Kier molecular flexibility index (Phi) is 5.44. The minimum absolute atomic E-state index is 0.192. The number of aryl methyl sites for hydroxylation is 1. The van der Waals surface area contributed by atoms with Crippen LogP contribution in [0.15, 0.2) is 72.9 Å². The number of carbonyl (C=O) groups is 2. The number of nitrogens with zero attached hydrogens (tertiary/aromatic N) is 2. The molecule has 7 heteroatoms. The molecular formula is C26H21ClN4O2. The molecule has 0 saturated heterocycles. The van der Waals surface area contributed by atoms with Crippen molar-refractivity contribution in [2.45, 2.75) is 13.3 Å². The van der Waals surface area contributed by atoms with Crippen molar-refractivity contribution in [3.8, 4) is 11.3 Å². The Morgan fingerprint density at radius 1 is 1.06 bits per heavy atom. The number of carbonyl (C=O) groups excluding carboxylic acids is 2. The van der Waals surface area contributed by atoms with Gasteiger partial charge in [0.15, 0.2) is 0 Å². The van der Waals surface area contributed by atoms with E-state index >= 15 is 0 Å². The lowest BCUT2D eigenvalue weighted by Gasteiger charge is -2.23. The van der Waals surface area contributed by atoms with E-state index in [4.69, 9.17) is 11.6 Å². The summed E-state index contributed by atoms with van der Waals surface area (Å²) in [5.41, 5.74) is 6.20. The average Bonchev–Trinajstić information content (AvgIpc) is 3.22. The Morgan fingerprint density at radius 3 is 2.73 bits per heavy atom. The Morgan fingerprint density at radius 2 is 1.91 bits per heavy atom. The van der Waals surface area contributed by atoms with Gasteiger partial charge in [-0.1, -0.05) is 47.5 Å². The molecule has 2 N–H and O–H groups in total. The van der Waals surface area contributed by atoms with Crippen LogP contribution in [0, 0.1) is 6.92 Å². The summed E-state index contributed by atoms with van der Waals surface area (Å²) in [5.74, 6) is -0.424. The summed E-state index contributed by atoms with van der Waals surface area (Å²) in [4.78, 5) is 27.8. The molecule has 0 aliphatic carbocycles. The molecule has 0 saturated carbocycles. The van der Waals surface area contributed by atoms with Crippen molar-refractivity contribution in [1.82, 2.24) is 10.2 Å². The van der Waals surface area contributed by atoms with Crippen LogP contribution in [0.3, 0.4) is 0 Å². The van der Waals surface area contributed by atoms with E-state index in [0.717, 1.165) is 28.1 Å². The van der Waals surface area contributed by atoms with Crippen molar-refractivity contribution in [1.29, 1.82) is 0 Å². The van der Waals surface area contributed by atoms with Crippen LogP contribution in [0.2, 0.25) is 5.02 Å². The standard InChI is InChI=1S/C26H21ClN4O2/c1-16-5-4-6-17(13-16)25(32)29-19-9-10-20(22(27)14-19)26(33)31-12-11-18-15-28-30-24(18)21-7-2-3-8-23(21)31/h2-10,13-15H,11-12H2,1H3,(H,28,30)(H,29,32). The van der Waals surface area contributed by atoms with E-state index in [1.807, 2.05) is 49.4 Å². The van der Waals surface area contributed by atoms with Gasteiger partial charge in [0, 0.05) is 23.4 Å². The smallest absolute Gasteiger partial charge is 0.259 e. The van der Waals surface area contributed by atoms with Crippen LogP contribution in [0.4, 0.5) is 11.4 Å². The number of para-hydroxylation sites is 1. The molecule has 2 amide bonds. The van der Waals surface area contributed by atoms with Crippen LogP contribution < -0.4 is 10.2 Å². The largest absolute Gasteiger partial charge is 0.322 e. The number of rotatable bonds is 3. The van der Waals surface area contributed by atoms with Crippen molar-refractivity contribution in [3.63, 3.8) is 0 Å². The molecule has 0 atom stereocenters. The Balaban J connectivity index is 1.41. The number of aromatic amines is 1. The van der Waals surface area contributed by atoms with Crippen LogP contribution in [0.5, 0.6) is 0 Å². The van der Waals surface area contributed by atoms with Gasteiger partial charge in [-0.05, 0) is 55.3 Å². The molecule has 0 fully saturated rings. The number of hydrogen-bond acceptors (Lipinski definition) is 3. The highest BCUT2D eigenvalue weighted by atomic mass is 35.5. The zero-order valence-electron chi connectivity index (χ0n) is 17.9. The molecule has 4 aromatic rings. The predicted octanol–water partition coefficient (Wildman–Crippen LogP) is 5.49. The summed E-state index contributed by atoms with van der Waals surface area (Å²) in [7, 11) is 0. The van der Waals surface area contributed by atoms with Crippen LogP contribution in [-0.2, 0) is 6.42 Å². The number of amides is 2. The third kappa shape index (κ3) is 4.01. The van der Waals surface area contributed by atoms with Crippen molar-refractivity contribution >= 4 is 34.8 Å². The molecular weight excluding hydrogens is 436 g/mol. The Hall–Kier alpha value is -3.90. The number of anilines is 2. The summed E-state index contributed by atoms with van der Waals surface area (Å²) < 4.78 is 0. The monoisotopic (exact) mass is 456 g/mol. The maximum atomic E-state index is 13.5. The number of hydrogen-bond donors (Lipinski definition) is 2. The molecule has 164 valence electrons. The summed E-state index contributed by atoms with van der Waals surface area (Å²) in [5, 5.41) is 10.3. The fraction of sp³-hybridized carbons (Fsp3) is 0.115. The van der Waals surface area contributed by atoms with E-state index in [-0.39, 0.29) is 16.8 Å². The van der Waals surface area contributed by atoms with Gasteiger partial charge in [-0.25, -0.2) is 0 Å². The van der Waals surface area contributed by atoms with Gasteiger partial charge in [-0.15, -0.1) is 0 Å². The highest BCUT2D eigenvalue weighted by Gasteiger charge is 2.27. The van der Waals surface area contributed by atoms with E-state index in [0.29, 0.717) is 29.8 Å². The predicted molar refractivity (Wildman–Crippen MR) is 130 cm³/mol. The first-order valence-corrected chi connectivity index (χ1v) is 11.0. The van der Waals surface area contributed by atoms with Crippen molar-refractivity contribution in [2.75, 3.05) is 16.8 Å². The summed E-state index contributed by atoms with van der Waals surface area (Å²) in [6.07, 6.45) is 2.48. The molecule has 33 heavy (non-hydrogen) atoms. The van der Waals surface area contributed by atoms with Gasteiger partial charge in [-0.3, -0.25) is 14.7 Å². The van der Waals surface area contributed by atoms with Gasteiger partial charge in [-0.2, -0.15) is 5.10 Å². The Bertz CT molecular complexity index is 1380. The zero-order valence-corrected chi connectivity index (χ0v) is 18.7. The van der Waals surface area contributed by atoms with Gasteiger partial charge < -0.3 is 10.2 Å². The molecule has 0 spiro atoms. The first-order valence-electron chi connectivity index (χ1n) is 10.6. The quantitative estimate of drug-likeness (QED) is 0.427. The van der Waals surface area contributed by atoms with Crippen molar-refractivity contribution in [3.05, 3.63) is 100 Å². The van der Waals surface area contributed by atoms with Gasteiger partial charge in [0.2, 0.25) is 0 Å². The molecule has 3 aromatic carbocycles. The second-order valence-corrected chi connectivity index (χ2v) is 8.42. The minimum Gasteiger partial charge on any atom is -0.322 e. The number of benzene rings is 3. The molecule has 1 aliphatic heterocycles. The lowest BCUT2D eigenvalue weighted by atomic mass is 10.1. The van der Waals surface area contributed by atoms with Crippen LogP contribution in [-0.4, -0.2) is 28.6 Å². The summed E-state index contributed by atoms with van der Waals surface area (Å²) in [6.45, 7) is 2.44. The average molecular weight is 457 g/mol. The highest BCUT2D eigenvalue weighted by molar-refractivity contribution is 6.35. The second-order valence-electron chi connectivity index (χ2n) is 8.01. The first-order chi connectivity index (χ1) is 16.0. The molecule has 2 heterocycles. The lowest BCUT2D eigenvalue weighted by Crippen LogP contribution is -2.32. The topological polar surface area (TPSA) is 78.1 Å². The van der Waals surface area contributed by atoms with E-state index < -0.39 is 0 Å². The molecule has 1 aromatic heterocycles. The highest BCUT2D eigenvalue weighted by Crippen LogP contribution is 2.36. The van der Waals surface area contributed by atoms with Gasteiger partial charge in [0.05, 0.1) is 28.2 Å². The maximum absolute atomic E-state index is 13.5. The van der Waals surface area contributed by atoms with E-state index in [9.17, 15) is 9.59 Å². The van der Waals surface area contributed by atoms with Gasteiger partial charge >= 0.3 is 0 Å². The Labute approximate surface area is 196 Å². The second kappa shape index (κ2) is 8.56. The number of fused-ring (bicyclic) bond motifs is 3. The first kappa shape index (κ1) is 21.0. The fourth-order valence-corrected chi connectivity index (χ4v) is 4.38. The number of nitrogens with one attached hydrogen (secondary N) is 2. The molecule has 0 radical (unpaired) electrons. The molecule has 5 rings (SSSR count). The number of halogens is 1. The van der Waals surface area contributed by atoms with Crippen molar-refractivity contribution < 1.29 is 9.59 Å². The number of H-pyrrole nitrogens is 1. The summed E-state index contributed by atoms with van der Waals surface area (Å²) >= 11 is 6.52. The third-order valence-corrected chi connectivity index (χ3v) is 6.08. The lowest BCUT2D eigenvalue weighted by molar-refractivity contribution is 0.0986. The van der Waals surface area contributed by atoms with Crippen LogP contribution >= 0.6 is 11.6 Å². The maximum Gasteiger partial charge on any atom is 0.259 e. The normalized spacial score (nSPS) is 12.5. The third-order valence-electron chi connectivity index (χ3n) is 5.77. The minimum atomic E-state index is -0.231.